The van der Waals surface area contributed by atoms with Crippen LogP contribution in [0.1, 0.15) is 17.5 Å². The van der Waals surface area contributed by atoms with E-state index in [2.05, 4.69) is 20.1 Å². The monoisotopic (exact) mass is 394 g/mol. The molecule has 5 atom stereocenters. The van der Waals surface area contributed by atoms with Crippen LogP contribution in [-0.4, -0.2) is 35.5 Å². The molecule has 29 heavy (non-hydrogen) atoms. The zero-order valence-corrected chi connectivity index (χ0v) is 15.7. The van der Waals surface area contributed by atoms with E-state index in [0.29, 0.717) is 0 Å². The number of azide groups is 2. The second-order valence-corrected chi connectivity index (χ2v) is 6.79. The van der Waals surface area contributed by atoms with Crippen molar-refractivity contribution in [1.82, 2.24) is 0 Å². The maximum Gasteiger partial charge on any atom is 0.111 e. The third-order valence-corrected chi connectivity index (χ3v) is 4.89. The molecule has 150 valence electrons. The molecule has 1 saturated carbocycles. The molecule has 0 unspecified atom stereocenters. The van der Waals surface area contributed by atoms with Crippen molar-refractivity contribution in [2.75, 3.05) is 0 Å². The number of hydrogen-bond donors (Lipinski definition) is 1. The maximum atomic E-state index is 10.8. The predicted molar refractivity (Wildman–Crippen MR) is 107 cm³/mol. The van der Waals surface area contributed by atoms with Gasteiger partial charge in [-0.15, -0.1) is 0 Å². The summed E-state index contributed by atoms with van der Waals surface area (Å²) in [6, 6.07) is 17.7. The molecular weight excluding hydrogens is 372 g/mol. The van der Waals surface area contributed by atoms with Gasteiger partial charge in [0.1, 0.15) is 6.10 Å². The molecule has 0 aliphatic heterocycles. The first kappa shape index (κ1) is 20.7. The Morgan fingerprint density at radius 3 is 1.79 bits per heavy atom. The zero-order valence-electron chi connectivity index (χ0n) is 15.7. The Hall–Kier alpha value is -3.06. The standard InChI is InChI=1S/C20H22N6O3/c21-25-23-16-11-17(24-26-22)19(28-12-14-7-3-1-4-8-14)20(18(16)27)29-13-15-9-5-2-6-10-15/h1-10,16-20,27H,11-13H2/t16-,17+,18+,19-,20-/m0/s1. The normalized spacial score (nSPS) is 26.2. The van der Waals surface area contributed by atoms with Gasteiger partial charge in [0.2, 0.25) is 0 Å². The van der Waals surface area contributed by atoms with Gasteiger partial charge >= 0.3 is 0 Å². The summed E-state index contributed by atoms with van der Waals surface area (Å²) in [6.45, 7) is 0.507. The SMILES string of the molecule is [N-]=[N+]=N[C@H]1C[C@@H](N=[N+]=[N-])[C@H](OCc2ccccc2)[C@@H](OCc2ccccc2)[C@@H]1O. The van der Waals surface area contributed by atoms with Crippen molar-refractivity contribution in [3.8, 4) is 0 Å². The summed E-state index contributed by atoms with van der Waals surface area (Å²) in [6.07, 6.45) is -2.41. The first-order chi connectivity index (χ1) is 14.2. The van der Waals surface area contributed by atoms with Gasteiger partial charge in [0.05, 0.1) is 37.5 Å². The summed E-state index contributed by atoms with van der Waals surface area (Å²) in [7, 11) is 0. The predicted octanol–water partition coefficient (Wildman–Crippen LogP) is 4.28. The number of benzene rings is 2. The zero-order chi connectivity index (χ0) is 20.5. The number of aliphatic hydroxyl groups is 1. The summed E-state index contributed by atoms with van der Waals surface area (Å²) in [4.78, 5) is 5.72. The molecule has 0 amide bonds. The van der Waals surface area contributed by atoms with Crippen molar-refractivity contribution in [2.24, 2.45) is 10.2 Å². The molecule has 3 rings (SSSR count). The smallest absolute Gasteiger partial charge is 0.111 e. The Kier molecular flexibility index (Phi) is 7.47. The summed E-state index contributed by atoms with van der Waals surface area (Å²) in [5, 5.41) is 18.3. The number of hydrogen-bond acceptors (Lipinski definition) is 5. The molecule has 9 heteroatoms. The van der Waals surface area contributed by atoms with E-state index < -0.39 is 30.4 Å². The molecular formula is C20H22N6O3. The number of aliphatic hydroxyl groups excluding tert-OH is 1. The van der Waals surface area contributed by atoms with E-state index in [-0.39, 0.29) is 19.6 Å². The Morgan fingerprint density at radius 2 is 1.28 bits per heavy atom. The van der Waals surface area contributed by atoms with E-state index in [4.69, 9.17) is 20.5 Å². The van der Waals surface area contributed by atoms with Crippen LogP contribution in [-0.2, 0) is 22.7 Å². The molecule has 2 aromatic carbocycles. The minimum absolute atomic E-state index is 0.180. The molecule has 1 aliphatic carbocycles. The lowest BCUT2D eigenvalue weighted by Gasteiger charge is -2.41. The molecule has 0 heterocycles. The Morgan fingerprint density at radius 1 is 0.793 bits per heavy atom. The van der Waals surface area contributed by atoms with Gasteiger partial charge in [-0.1, -0.05) is 70.9 Å². The quantitative estimate of drug-likeness (QED) is 0.406. The van der Waals surface area contributed by atoms with E-state index in [1.54, 1.807) is 0 Å². The van der Waals surface area contributed by atoms with E-state index in [1.807, 2.05) is 60.7 Å². The Bertz CT molecular complexity index is 868. The van der Waals surface area contributed by atoms with Gasteiger partial charge in [-0.05, 0) is 28.6 Å². The van der Waals surface area contributed by atoms with Crippen LogP contribution in [0.25, 0.3) is 20.9 Å². The van der Waals surface area contributed by atoms with Gasteiger partial charge < -0.3 is 14.6 Å². The van der Waals surface area contributed by atoms with Crippen LogP contribution in [0.3, 0.4) is 0 Å². The van der Waals surface area contributed by atoms with Gasteiger partial charge in [0, 0.05) is 9.82 Å². The average Bonchev–Trinajstić information content (AvgIpc) is 2.76. The fourth-order valence-electron chi connectivity index (χ4n) is 3.45. The molecule has 1 N–H and O–H groups in total. The minimum Gasteiger partial charge on any atom is -0.390 e. The number of ether oxygens (including phenoxy) is 2. The van der Waals surface area contributed by atoms with Gasteiger partial charge in [-0.25, -0.2) is 0 Å². The summed E-state index contributed by atoms with van der Waals surface area (Å²) in [5.74, 6) is 0. The fourth-order valence-corrected chi connectivity index (χ4v) is 3.45. The third kappa shape index (κ3) is 5.48. The molecule has 0 spiro atoms. The van der Waals surface area contributed by atoms with Crippen LogP contribution < -0.4 is 0 Å². The van der Waals surface area contributed by atoms with E-state index in [1.165, 1.54) is 0 Å². The second-order valence-electron chi connectivity index (χ2n) is 6.79. The molecule has 0 saturated heterocycles. The van der Waals surface area contributed by atoms with Crippen LogP contribution in [0, 0.1) is 0 Å². The van der Waals surface area contributed by atoms with Gasteiger partial charge in [0.15, 0.2) is 0 Å². The lowest BCUT2D eigenvalue weighted by molar-refractivity contribution is -0.162. The second kappa shape index (κ2) is 10.5. The van der Waals surface area contributed by atoms with Crippen molar-refractivity contribution in [3.63, 3.8) is 0 Å². The molecule has 0 aromatic heterocycles. The van der Waals surface area contributed by atoms with Crippen molar-refractivity contribution < 1.29 is 14.6 Å². The first-order valence-corrected chi connectivity index (χ1v) is 9.30. The molecule has 2 aromatic rings. The van der Waals surface area contributed by atoms with Crippen LogP contribution in [0.2, 0.25) is 0 Å². The van der Waals surface area contributed by atoms with E-state index in [9.17, 15) is 5.11 Å². The Labute approximate surface area is 168 Å². The molecule has 0 radical (unpaired) electrons. The average molecular weight is 394 g/mol. The lowest BCUT2D eigenvalue weighted by atomic mass is 9.84. The van der Waals surface area contributed by atoms with Crippen LogP contribution >= 0.6 is 0 Å². The fraction of sp³-hybridized carbons (Fsp3) is 0.400. The third-order valence-electron chi connectivity index (χ3n) is 4.89. The lowest BCUT2D eigenvalue weighted by Crippen LogP contribution is -2.56. The van der Waals surface area contributed by atoms with Crippen molar-refractivity contribution in [1.29, 1.82) is 0 Å². The van der Waals surface area contributed by atoms with Crippen LogP contribution in [0.15, 0.2) is 70.9 Å². The van der Waals surface area contributed by atoms with Crippen LogP contribution in [0.4, 0.5) is 0 Å². The van der Waals surface area contributed by atoms with Crippen LogP contribution in [0.5, 0.6) is 0 Å². The maximum absolute atomic E-state index is 10.8. The van der Waals surface area contributed by atoms with Crippen molar-refractivity contribution >= 4 is 0 Å². The number of rotatable bonds is 8. The highest BCUT2D eigenvalue weighted by molar-refractivity contribution is 5.15. The molecule has 1 aliphatic rings. The summed E-state index contributed by atoms with van der Waals surface area (Å²) < 4.78 is 12.0. The topological polar surface area (TPSA) is 136 Å². The minimum atomic E-state index is -1.08. The van der Waals surface area contributed by atoms with E-state index in [0.717, 1.165) is 11.1 Å². The summed E-state index contributed by atoms with van der Waals surface area (Å²) >= 11 is 0. The number of nitrogens with zero attached hydrogens (tertiary/aromatic N) is 6. The highest BCUT2D eigenvalue weighted by Gasteiger charge is 2.45. The first-order valence-electron chi connectivity index (χ1n) is 9.30. The highest BCUT2D eigenvalue weighted by Crippen LogP contribution is 2.31. The highest BCUT2D eigenvalue weighted by atomic mass is 16.5. The summed E-state index contributed by atoms with van der Waals surface area (Å²) in [5.41, 5.74) is 19.7. The van der Waals surface area contributed by atoms with Crippen molar-refractivity contribution in [2.45, 2.75) is 50.0 Å². The molecule has 1 fully saturated rings. The molecule has 0 bridgehead atoms. The van der Waals surface area contributed by atoms with E-state index >= 15 is 0 Å². The van der Waals surface area contributed by atoms with Crippen molar-refractivity contribution in [3.05, 3.63) is 92.7 Å². The Balaban J connectivity index is 1.82. The largest absolute Gasteiger partial charge is 0.390 e. The van der Waals surface area contributed by atoms with Gasteiger partial charge in [0.25, 0.3) is 0 Å². The van der Waals surface area contributed by atoms with Gasteiger partial charge in [-0.2, -0.15) is 0 Å². The van der Waals surface area contributed by atoms with Gasteiger partial charge in [-0.3, -0.25) is 0 Å². The molecule has 9 nitrogen and oxygen atoms in total.